The normalized spacial score (nSPS) is 14.0. The van der Waals surface area contributed by atoms with Gasteiger partial charge in [0.05, 0.1) is 6.04 Å². The minimum Gasteiger partial charge on any atom is -0.486 e. The Morgan fingerprint density at radius 1 is 1.15 bits per heavy atom. The SMILES string of the molecule is C[C@H](Nc1ccc2c(c1)OCCO2)C(=O)c1c(N)n(C)c(=O)n(C)c1=O. The molecular formula is C17H20N4O5. The molecule has 0 aliphatic carbocycles. The smallest absolute Gasteiger partial charge is 0.332 e. The van der Waals surface area contributed by atoms with Crippen LogP contribution in [0.5, 0.6) is 11.5 Å². The number of benzene rings is 1. The van der Waals surface area contributed by atoms with E-state index in [0.29, 0.717) is 30.4 Å². The van der Waals surface area contributed by atoms with Crippen molar-refractivity contribution in [2.24, 2.45) is 14.1 Å². The summed E-state index contributed by atoms with van der Waals surface area (Å²) in [4.78, 5) is 37.0. The van der Waals surface area contributed by atoms with Gasteiger partial charge in [0.1, 0.15) is 24.6 Å². The number of anilines is 2. The molecule has 138 valence electrons. The van der Waals surface area contributed by atoms with Crippen LogP contribution in [-0.2, 0) is 14.1 Å². The average molecular weight is 360 g/mol. The fourth-order valence-corrected chi connectivity index (χ4v) is 2.76. The Bertz CT molecular complexity index is 992. The first-order valence-corrected chi connectivity index (χ1v) is 8.07. The number of fused-ring (bicyclic) bond motifs is 1. The van der Waals surface area contributed by atoms with E-state index in [1.54, 1.807) is 25.1 Å². The molecule has 0 radical (unpaired) electrons. The van der Waals surface area contributed by atoms with Crippen LogP contribution in [0, 0.1) is 0 Å². The Kier molecular flexibility index (Phi) is 4.45. The van der Waals surface area contributed by atoms with Crippen LogP contribution in [-0.4, -0.2) is 34.2 Å². The molecule has 3 N–H and O–H groups in total. The summed E-state index contributed by atoms with van der Waals surface area (Å²) in [7, 11) is 2.71. The van der Waals surface area contributed by atoms with E-state index in [2.05, 4.69) is 5.32 Å². The molecule has 2 aromatic rings. The molecule has 1 aliphatic heterocycles. The van der Waals surface area contributed by atoms with E-state index < -0.39 is 23.1 Å². The minimum atomic E-state index is -0.745. The van der Waals surface area contributed by atoms with Crippen LogP contribution in [0.3, 0.4) is 0 Å². The molecule has 2 heterocycles. The molecule has 1 aliphatic rings. The molecule has 1 aromatic heterocycles. The number of carbonyl (C=O) groups excluding carboxylic acids is 1. The van der Waals surface area contributed by atoms with Gasteiger partial charge in [-0.3, -0.25) is 18.7 Å². The number of nitrogens with one attached hydrogen (secondary N) is 1. The number of nitrogen functional groups attached to an aromatic ring is 1. The molecule has 0 spiro atoms. The van der Waals surface area contributed by atoms with Crippen molar-refractivity contribution in [1.82, 2.24) is 9.13 Å². The third-order valence-corrected chi connectivity index (χ3v) is 4.27. The van der Waals surface area contributed by atoms with Gasteiger partial charge >= 0.3 is 5.69 Å². The van der Waals surface area contributed by atoms with Crippen LogP contribution in [0.1, 0.15) is 17.3 Å². The molecular weight excluding hydrogens is 340 g/mol. The zero-order valence-corrected chi connectivity index (χ0v) is 14.7. The molecule has 0 unspecified atom stereocenters. The molecule has 0 saturated carbocycles. The van der Waals surface area contributed by atoms with E-state index in [1.165, 1.54) is 14.1 Å². The standard InChI is InChI=1S/C17H20N4O5/c1-9(19-10-4-5-11-12(8-10)26-7-6-25-11)14(22)13-15(18)20(2)17(24)21(3)16(13)23/h4-5,8-9,19H,6-7,18H2,1-3H3/t9-/m0/s1. The van der Waals surface area contributed by atoms with Gasteiger partial charge in [-0.05, 0) is 19.1 Å². The van der Waals surface area contributed by atoms with Gasteiger partial charge in [0, 0.05) is 25.8 Å². The molecule has 0 bridgehead atoms. The van der Waals surface area contributed by atoms with E-state index in [9.17, 15) is 14.4 Å². The lowest BCUT2D eigenvalue weighted by molar-refractivity contribution is 0.0973. The van der Waals surface area contributed by atoms with Gasteiger partial charge in [-0.1, -0.05) is 0 Å². The summed E-state index contributed by atoms with van der Waals surface area (Å²) in [6.45, 7) is 2.56. The van der Waals surface area contributed by atoms with Crippen molar-refractivity contribution in [3.63, 3.8) is 0 Å². The first kappa shape index (κ1) is 17.6. The Morgan fingerprint density at radius 2 is 1.81 bits per heavy atom. The Hall–Kier alpha value is -3.23. The summed E-state index contributed by atoms with van der Waals surface area (Å²) in [6, 6.07) is 4.47. The third-order valence-electron chi connectivity index (χ3n) is 4.27. The highest BCUT2D eigenvalue weighted by Crippen LogP contribution is 2.32. The second-order valence-corrected chi connectivity index (χ2v) is 6.05. The zero-order valence-electron chi connectivity index (χ0n) is 14.7. The van der Waals surface area contributed by atoms with Crippen molar-refractivity contribution in [1.29, 1.82) is 0 Å². The molecule has 26 heavy (non-hydrogen) atoms. The molecule has 9 nitrogen and oxygen atoms in total. The highest BCUT2D eigenvalue weighted by molar-refractivity contribution is 6.04. The number of hydrogen-bond donors (Lipinski definition) is 2. The molecule has 3 rings (SSSR count). The minimum absolute atomic E-state index is 0.154. The number of Topliss-reactive ketones (excluding diaryl/α,β-unsaturated/α-hetero) is 1. The number of hydrogen-bond acceptors (Lipinski definition) is 7. The first-order valence-electron chi connectivity index (χ1n) is 8.07. The number of aromatic nitrogens is 2. The van der Waals surface area contributed by atoms with Crippen LogP contribution in [0.15, 0.2) is 27.8 Å². The van der Waals surface area contributed by atoms with Crippen molar-refractivity contribution in [2.45, 2.75) is 13.0 Å². The molecule has 1 atom stereocenters. The second kappa shape index (κ2) is 6.58. The highest BCUT2D eigenvalue weighted by atomic mass is 16.6. The monoisotopic (exact) mass is 360 g/mol. The number of nitrogens with two attached hydrogens (primary N) is 1. The zero-order chi connectivity index (χ0) is 19.0. The lowest BCUT2D eigenvalue weighted by Gasteiger charge is -2.21. The second-order valence-electron chi connectivity index (χ2n) is 6.05. The topological polar surface area (TPSA) is 118 Å². The first-order chi connectivity index (χ1) is 12.3. The molecule has 0 fully saturated rings. The number of rotatable bonds is 4. The maximum atomic E-state index is 12.8. The van der Waals surface area contributed by atoms with Crippen molar-refractivity contribution in [2.75, 3.05) is 24.3 Å². The lowest BCUT2D eigenvalue weighted by atomic mass is 10.1. The molecule has 0 amide bonds. The van der Waals surface area contributed by atoms with E-state index in [4.69, 9.17) is 15.2 Å². The maximum absolute atomic E-state index is 12.8. The van der Waals surface area contributed by atoms with Gasteiger partial charge in [-0.2, -0.15) is 0 Å². The number of ketones is 1. The Labute approximate surface area is 148 Å². The highest BCUT2D eigenvalue weighted by Gasteiger charge is 2.25. The van der Waals surface area contributed by atoms with Gasteiger partial charge in [0.15, 0.2) is 17.3 Å². The molecule has 1 aromatic carbocycles. The van der Waals surface area contributed by atoms with Crippen molar-refractivity contribution < 1.29 is 14.3 Å². The summed E-state index contributed by atoms with van der Waals surface area (Å²) in [5.74, 6) is 0.558. The number of nitrogens with zero attached hydrogens (tertiary/aromatic N) is 2. The fraction of sp³-hybridized carbons (Fsp3) is 0.353. The maximum Gasteiger partial charge on any atom is 0.332 e. The quantitative estimate of drug-likeness (QED) is 0.744. The molecule has 9 heteroatoms. The van der Waals surface area contributed by atoms with E-state index in [0.717, 1.165) is 9.13 Å². The predicted octanol–water partition coefficient (Wildman–Crippen LogP) is 0.121. The van der Waals surface area contributed by atoms with Crippen molar-refractivity contribution in [3.8, 4) is 11.5 Å². The summed E-state index contributed by atoms with van der Waals surface area (Å²) in [5.41, 5.74) is 4.96. The largest absolute Gasteiger partial charge is 0.486 e. The fourth-order valence-electron chi connectivity index (χ4n) is 2.76. The van der Waals surface area contributed by atoms with Crippen LogP contribution in [0.4, 0.5) is 11.5 Å². The Balaban J connectivity index is 1.90. The third kappa shape index (κ3) is 2.92. The van der Waals surface area contributed by atoms with Crippen LogP contribution < -0.4 is 31.8 Å². The summed E-state index contributed by atoms with van der Waals surface area (Å²) < 4.78 is 12.9. The summed E-state index contributed by atoms with van der Waals surface area (Å²) in [6.07, 6.45) is 0. The number of ether oxygens (including phenoxy) is 2. The lowest BCUT2D eigenvalue weighted by Crippen LogP contribution is -2.43. The van der Waals surface area contributed by atoms with Crippen LogP contribution >= 0.6 is 0 Å². The van der Waals surface area contributed by atoms with E-state index in [-0.39, 0.29) is 11.4 Å². The Morgan fingerprint density at radius 3 is 2.50 bits per heavy atom. The van der Waals surface area contributed by atoms with Crippen LogP contribution in [0.2, 0.25) is 0 Å². The van der Waals surface area contributed by atoms with Gasteiger partial charge in [0.25, 0.3) is 5.56 Å². The van der Waals surface area contributed by atoms with Crippen molar-refractivity contribution in [3.05, 3.63) is 44.6 Å². The number of carbonyl (C=O) groups is 1. The van der Waals surface area contributed by atoms with Crippen LogP contribution in [0.25, 0.3) is 0 Å². The molecule has 0 saturated heterocycles. The summed E-state index contributed by atoms with van der Waals surface area (Å²) >= 11 is 0. The van der Waals surface area contributed by atoms with Gasteiger partial charge in [0.2, 0.25) is 0 Å². The van der Waals surface area contributed by atoms with Gasteiger partial charge in [-0.25, -0.2) is 4.79 Å². The van der Waals surface area contributed by atoms with Gasteiger partial charge in [-0.15, -0.1) is 0 Å². The average Bonchev–Trinajstić information content (AvgIpc) is 2.64. The summed E-state index contributed by atoms with van der Waals surface area (Å²) in [5, 5.41) is 3.02. The van der Waals surface area contributed by atoms with E-state index >= 15 is 0 Å². The predicted molar refractivity (Wildman–Crippen MR) is 96.2 cm³/mol. The van der Waals surface area contributed by atoms with Gasteiger partial charge < -0.3 is 20.5 Å². The van der Waals surface area contributed by atoms with E-state index in [1.807, 2.05) is 0 Å². The van der Waals surface area contributed by atoms with Crippen molar-refractivity contribution >= 4 is 17.3 Å².